The van der Waals surface area contributed by atoms with Crippen molar-refractivity contribution in [2.75, 3.05) is 23.9 Å². The second-order valence-corrected chi connectivity index (χ2v) is 6.55. The van der Waals surface area contributed by atoms with Crippen LogP contribution < -0.4 is 4.90 Å². The molecule has 1 fully saturated rings. The van der Waals surface area contributed by atoms with Crippen LogP contribution in [0.2, 0.25) is 0 Å². The lowest BCUT2D eigenvalue weighted by Crippen LogP contribution is -2.53. The van der Waals surface area contributed by atoms with E-state index in [0.29, 0.717) is 5.88 Å². The number of alkyl halides is 1. The van der Waals surface area contributed by atoms with Gasteiger partial charge in [0, 0.05) is 23.8 Å². The van der Waals surface area contributed by atoms with Gasteiger partial charge in [0.15, 0.2) is 0 Å². The molecule has 0 N–H and O–H groups in total. The number of nitrogens with zero attached hydrogens (tertiary/aromatic N) is 2. The molecule has 0 aliphatic carbocycles. The monoisotopic (exact) mass is 332 g/mol. The third-order valence-electron chi connectivity index (χ3n) is 2.97. The molecule has 1 aromatic heterocycles. The molecule has 1 unspecified atom stereocenters. The first-order valence-electron chi connectivity index (χ1n) is 6.02. The molecule has 2 heterocycles. The van der Waals surface area contributed by atoms with E-state index in [4.69, 9.17) is 16.3 Å². The number of morpholine rings is 1. The van der Waals surface area contributed by atoms with Crippen molar-refractivity contribution >= 4 is 33.3 Å². The molecule has 3 nitrogen and oxygen atoms in total. The van der Waals surface area contributed by atoms with Crippen molar-refractivity contribution in [3.05, 3.63) is 22.3 Å². The average Bonchev–Trinajstić information content (AvgIpc) is 2.26. The fraction of sp³-hybridized carbons (Fsp3) is 0.615. The molecule has 18 heavy (non-hydrogen) atoms. The summed E-state index contributed by atoms with van der Waals surface area (Å²) >= 11 is 9.39. The van der Waals surface area contributed by atoms with Gasteiger partial charge in [0.2, 0.25) is 0 Å². The number of aryl methyl sites for hydroxylation is 1. The van der Waals surface area contributed by atoms with Crippen molar-refractivity contribution in [1.29, 1.82) is 0 Å². The van der Waals surface area contributed by atoms with Gasteiger partial charge in [-0.2, -0.15) is 0 Å². The Morgan fingerprint density at radius 2 is 2.33 bits per heavy atom. The van der Waals surface area contributed by atoms with E-state index in [9.17, 15) is 0 Å². The van der Waals surface area contributed by atoms with Crippen LogP contribution in [-0.2, 0) is 4.74 Å². The molecule has 0 bridgehead atoms. The van der Waals surface area contributed by atoms with Gasteiger partial charge in [0.25, 0.3) is 0 Å². The highest BCUT2D eigenvalue weighted by Crippen LogP contribution is 2.28. The summed E-state index contributed by atoms with van der Waals surface area (Å²) in [6.07, 6.45) is 1.89. The fourth-order valence-corrected chi connectivity index (χ4v) is 3.01. The summed E-state index contributed by atoms with van der Waals surface area (Å²) in [5, 5.41) is 0. The fourth-order valence-electron chi connectivity index (χ4n) is 2.40. The third kappa shape index (κ3) is 3.16. The topological polar surface area (TPSA) is 25.4 Å². The summed E-state index contributed by atoms with van der Waals surface area (Å²) in [5.74, 6) is 1.53. The van der Waals surface area contributed by atoms with E-state index < -0.39 is 0 Å². The van der Waals surface area contributed by atoms with E-state index in [2.05, 4.69) is 52.7 Å². The SMILES string of the molecule is Cc1cc(Br)cnc1N1CC(CCl)OC(C)(C)C1. The first kappa shape index (κ1) is 14.1. The molecule has 5 heteroatoms. The van der Waals surface area contributed by atoms with Crippen molar-refractivity contribution < 1.29 is 4.74 Å². The zero-order valence-corrected chi connectivity index (χ0v) is 13.3. The molecule has 0 aromatic carbocycles. The Morgan fingerprint density at radius 1 is 1.61 bits per heavy atom. The minimum atomic E-state index is -0.195. The van der Waals surface area contributed by atoms with Gasteiger partial charge in [-0.05, 0) is 48.3 Å². The minimum Gasteiger partial charge on any atom is -0.367 e. The van der Waals surface area contributed by atoms with E-state index in [1.807, 2.05) is 6.20 Å². The lowest BCUT2D eigenvalue weighted by Gasteiger charge is -2.43. The second kappa shape index (κ2) is 5.35. The van der Waals surface area contributed by atoms with Gasteiger partial charge in [-0.3, -0.25) is 0 Å². The zero-order chi connectivity index (χ0) is 13.3. The summed E-state index contributed by atoms with van der Waals surface area (Å²) < 4.78 is 6.93. The molecule has 1 aromatic rings. The van der Waals surface area contributed by atoms with Crippen LogP contribution in [-0.4, -0.2) is 35.7 Å². The molecular weight excluding hydrogens is 316 g/mol. The first-order valence-corrected chi connectivity index (χ1v) is 7.35. The van der Waals surface area contributed by atoms with Crippen molar-refractivity contribution in [1.82, 2.24) is 4.98 Å². The van der Waals surface area contributed by atoms with Crippen LogP contribution in [0.4, 0.5) is 5.82 Å². The summed E-state index contributed by atoms with van der Waals surface area (Å²) in [5.41, 5.74) is 0.967. The lowest BCUT2D eigenvalue weighted by atomic mass is 10.0. The van der Waals surface area contributed by atoms with Gasteiger partial charge in [0.05, 0.1) is 17.6 Å². The van der Waals surface area contributed by atoms with Gasteiger partial charge in [-0.25, -0.2) is 4.98 Å². The Kier molecular flexibility index (Phi) is 4.19. The molecule has 1 atom stereocenters. The standard InChI is InChI=1S/C13H18BrClN2O/c1-9-4-10(14)6-16-12(9)17-7-11(5-15)18-13(2,3)8-17/h4,6,11H,5,7-8H2,1-3H3. The predicted octanol–water partition coefficient (Wildman–Crippen LogP) is 3.38. The van der Waals surface area contributed by atoms with Crippen LogP contribution in [0.15, 0.2) is 16.7 Å². The number of hydrogen-bond donors (Lipinski definition) is 0. The van der Waals surface area contributed by atoms with Gasteiger partial charge in [-0.15, -0.1) is 11.6 Å². The zero-order valence-electron chi connectivity index (χ0n) is 10.9. The minimum absolute atomic E-state index is 0.0558. The number of pyridine rings is 1. The molecule has 2 rings (SSSR count). The summed E-state index contributed by atoms with van der Waals surface area (Å²) in [4.78, 5) is 6.78. The van der Waals surface area contributed by atoms with Crippen LogP contribution in [0.1, 0.15) is 19.4 Å². The maximum atomic E-state index is 5.95. The summed E-state index contributed by atoms with van der Waals surface area (Å²) in [6.45, 7) is 7.88. The molecule has 100 valence electrons. The average molecular weight is 334 g/mol. The van der Waals surface area contributed by atoms with E-state index in [1.54, 1.807) is 0 Å². The number of halogens is 2. The van der Waals surface area contributed by atoms with Crippen LogP contribution in [0.3, 0.4) is 0 Å². The van der Waals surface area contributed by atoms with E-state index >= 15 is 0 Å². The maximum Gasteiger partial charge on any atom is 0.131 e. The summed E-state index contributed by atoms with van der Waals surface area (Å²) in [6, 6.07) is 2.08. The van der Waals surface area contributed by atoms with Crippen LogP contribution in [0.25, 0.3) is 0 Å². The van der Waals surface area contributed by atoms with E-state index in [0.717, 1.165) is 28.9 Å². The third-order valence-corrected chi connectivity index (χ3v) is 3.75. The highest BCUT2D eigenvalue weighted by molar-refractivity contribution is 9.10. The molecule has 0 amide bonds. The van der Waals surface area contributed by atoms with Crippen molar-refractivity contribution in [3.63, 3.8) is 0 Å². The van der Waals surface area contributed by atoms with E-state index in [1.165, 1.54) is 0 Å². The molecule has 1 aliphatic rings. The largest absolute Gasteiger partial charge is 0.367 e. The van der Waals surface area contributed by atoms with E-state index in [-0.39, 0.29) is 11.7 Å². The molecular formula is C13H18BrClN2O. The lowest BCUT2D eigenvalue weighted by molar-refractivity contribution is -0.0736. The molecule has 1 aliphatic heterocycles. The number of ether oxygens (including phenoxy) is 1. The number of anilines is 1. The quantitative estimate of drug-likeness (QED) is 0.776. The predicted molar refractivity (Wildman–Crippen MR) is 78.6 cm³/mol. The van der Waals surface area contributed by atoms with Gasteiger partial charge >= 0.3 is 0 Å². The molecule has 0 radical (unpaired) electrons. The Balaban J connectivity index is 2.26. The van der Waals surface area contributed by atoms with Crippen LogP contribution >= 0.6 is 27.5 Å². The molecule has 0 saturated carbocycles. The number of aromatic nitrogens is 1. The van der Waals surface area contributed by atoms with Crippen molar-refractivity contribution in [2.24, 2.45) is 0 Å². The van der Waals surface area contributed by atoms with Gasteiger partial charge < -0.3 is 9.64 Å². The number of hydrogen-bond acceptors (Lipinski definition) is 3. The molecule has 1 saturated heterocycles. The Labute approximate surface area is 122 Å². The number of rotatable bonds is 2. The molecule has 0 spiro atoms. The Bertz CT molecular complexity index is 439. The normalized spacial score (nSPS) is 23.2. The first-order chi connectivity index (χ1) is 8.41. The van der Waals surface area contributed by atoms with Crippen molar-refractivity contribution in [2.45, 2.75) is 32.5 Å². The smallest absolute Gasteiger partial charge is 0.131 e. The van der Waals surface area contributed by atoms with Gasteiger partial charge in [0.1, 0.15) is 5.82 Å². The second-order valence-electron chi connectivity index (χ2n) is 5.33. The Hall–Kier alpha value is -0.320. The summed E-state index contributed by atoms with van der Waals surface area (Å²) in [7, 11) is 0. The highest BCUT2D eigenvalue weighted by atomic mass is 79.9. The van der Waals surface area contributed by atoms with Gasteiger partial charge in [-0.1, -0.05) is 0 Å². The highest BCUT2D eigenvalue weighted by Gasteiger charge is 2.34. The van der Waals surface area contributed by atoms with Crippen LogP contribution in [0.5, 0.6) is 0 Å². The van der Waals surface area contributed by atoms with Crippen LogP contribution in [0, 0.1) is 6.92 Å². The maximum absolute atomic E-state index is 5.95. The Morgan fingerprint density at radius 3 is 2.94 bits per heavy atom. The van der Waals surface area contributed by atoms with Crippen molar-refractivity contribution in [3.8, 4) is 0 Å².